The molecule has 0 heterocycles. The fourth-order valence-electron chi connectivity index (χ4n) is 2.52. The molecular weight excluding hydrogens is 138 g/mol. The molecule has 0 radical (unpaired) electrons. The predicted octanol–water partition coefficient (Wildman–Crippen LogP) is 1.27. The molecule has 2 atom stereocenters. The van der Waals surface area contributed by atoms with Gasteiger partial charge in [-0.05, 0) is 31.6 Å². The van der Waals surface area contributed by atoms with E-state index in [1.54, 1.807) is 0 Å². The molecule has 0 aromatic rings. The van der Waals surface area contributed by atoms with Crippen LogP contribution in [0.5, 0.6) is 0 Å². The highest BCUT2D eigenvalue weighted by atomic mass is 16.3. The van der Waals surface area contributed by atoms with Gasteiger partial charge in [0.1, 0.15) is 0 Å². The molecule has 66 valence electrons. The minimum Gasteiger partial charge on any atom is -0.390 e. The molecule has 11 heavy (non-hydrogen) atoms. The summed E-state index contributed by atoms with van der Waals surface area (Å²) in [6.45, 7) is 6.22. The van der Waals surface area contributed by atoms with Crippen LogP contribution in [-0.2, 0) is 0 Å². The van der Waals surface area contributed by atoms with Crippen molar-refractivity contribution in [1.82, 2.24) is 0 Å². The van der Waals surface area contributed by atoms with Crippen molar-refractivity contribution in [1.29, 1.82) is 0 Å². The molecule has 0 aliphatic heterocycles. The monoisotopic (exact) mass is 157 g/mol. The van der Waals surface area contributed by atoms with Crippen molar-refractivity contribution in [3.8, 4) is 0 Å². The Hall–Kier alpha value is -0.0800. The van der Waals surface area contributed by atoms with Gasteiger partial charge in [0.15, 0.2) is 0 Å². The zero-order chi connectivity index (χ0) is 8.70. The summed E-state index contributed by atoms with van der Waals surface area (Å²) in [6.07, 6.45) is 2.65. The Morgan fingerprint density at radius 3 is 2.18 bits per heavy atom. The SMILES string of the molecule is CC1(C)C[C@H](N)C[C@](C)(O)C1. The van der Waals surface area contributed by atoms with Gasteiger partial charge in [-0.25, -0.2) is 0 Å². The number of hydrogen-bond acceptors (Lipinski definition) is 2. The topological polar surface area (TPSA) is 46.2 Å². The van der Waals surface area contributed by atoms with E-state index in [-0.39, 0.29) is 11.5 Å². The summed E-state index contributed by atoms with van der Waals surface area (Å²) >= 11 is 0. The molecule has 1 saturated carbocycles. The van der Waals surface area contributed by atoms with Crippen molar-refractivity contribution in [3.63, 3.8) is 0 Å². The second-order valence-electron chi connectivity index (χ2n) is 5.01. The molecule has 0 aromatic carbocycles. The maximum absolute atomic E-state index is 9.80. The van der Waals surface area contributed by atoms with Gasteiger partial charge in [-0.15, -0.1) is 0 Å². The Morgan fingerprint density at radius 2 is 1.82 bits per heavy atom. The molecule has 0 aromatic heterocycles. The Labute approximate surface area is 68.8 Å². The van der Waals surface area contributed by atoms with Crippen molar-refractivity contribution in [3.05, 3.63) is 0 Å². The summed E-state index contributed by atoms with van der Waals surface area (Å²) in [5.41, 5.74) is 5.49. The summed E-state index contributed by atoms with van der Waals surface area (Å²) in [5.74, 6) is 0. The summed E-state index contributed by atoms with van der Waals surface area (Å²) in [6, 6.07) is 0.175. The van der Waals surface area contributed by atoms with Crippen LogP contribution in [-0.4, -0.2) is 16.7 Å². The molecular formula is C9H19NO. The summed E-state index contributed by atoms with van der Waals surface area (Å²) in [4.78, 5) is 0. The Kier molecular flexibility index (Phi) is 2.01. The van der Waals surface area contributed by atoms with E-state index in [4.69, 9.17) is 5.73 Å². The van der Waals surface area contributed by atoms with Crippen molar-refractivity contribution in [2.75, 3.05) is 0 Å². The highest BCUT2D eigenvalue weighted by molar-refractivity contribution is 4.92. The van der Waals surface area contributed by atoms with E-state index in [1.807, 2.05) is 6.92 Å². The lowest BCUT2D eigenvalue weighted by Crippen LogP contribution is -2.45. The molecule has 1 fully saturated rings. The molecule has 0 saturated heterocycles. The molecule has 0 unspecified atom stereocenters. The zero-order valence-corrected chi connectivity index (χ0v) is 7.72. The molecule has 0 spiro atoms. The summed E-state index contributed by atoms with van der Waals surface area (Å²) in [5, 5.41) is 9.80. The van der Waals surface area contributed by atoms with E-state index in [9.17, 15) is 5.11 Å². The van der Waals surface area contributed by atoms with Gasteiger partial charge in [-0.3, -0.25) is 0 Å². The Balaban J connectivity index is 2.66. The lowest BCUT2D eigenvalue weighted by atomic mass is 9.69. The third-order valence-electron chi connectivity index (χ3n) is 2.38. The van der Waals surface area contributed by atoms with Crippen LogP contribution in [0.15, 0.2) is 0 Å². The minimum atomic E-state index is -0.541. The van der Waals surface area contributed by atoms with E-state index in [0.717, 1.165) is 19.3 Å². The van der Waals surface area contributed by atoms with Crippen molar-refractivity contribution >= 4 is 0 Å². The third kappa shape index (κ3) is 2.46. The molecule has 1 aliphatic rings. The maximum atomic E-state index is 9.80. The van der Waals surface area contributed by atoms with Gasteiger partial charge in [-0.1, -0.05) is 13.8 Å². The number of hydrogen-bond donors (Lipinski definition) is 2. The van der Waals surface area contributed by atoms with E-state index < -0.39 is 5.60 Å². The van der Waals surface area contributed by atoms with Gasteiger partial charge in [0, 0.05) is 6.04 Å². The van der Waals surface area contributed by atoms with Gasteiger partial charge in [0.05, 0.1) is 5.60 Å². The maximum Gasteiger partial charge on any atom is 0.0639 e. The number of nitrogens with two attached hydrogens (primary N) is 1. The van der Waals surface area contributed by atoms with Crippen LogP contribution in [0.25, 0.3) is 0 Å². The van der Waals surface area contributed by atoms with Gasteiger partial charge in [-0.2, -0.15) is 0 Å². The summed E-state index contributed by atoms with van der Waals surface area (Å²) in [7, 11) is 0. The molecule has 0 bridgehead atoms. The second kappa shape index (κ2) is 2.46. The minimum absolute atomic E-state index is 0.175. The van der Waals surface area contributed by atoms with Gasteiger partial charge in [0.25, 0.3) is 0 Å². The largest absolute Gasteiger partial charge is 0.390 e. The van der Waals surface area contributed by atoms with Gasteiger partial charge in [0.2, 0.25) is 0 Å². The van der Waals surface area contributed by atoms with Crippen LogP contribution < -0.4 is 5.73 Å². The molecule has 2 nitrogen and oxygen atoms in total. The van der Waals surface area contributed by atoms with Gasteiger partial charge >= 0.3 is 0 Å². The highest BCUT2D eigenvalue weighted by Crippen LogP contribution is 2.39. The van der Waals surface area contributed by atoms with Crippen molar-refractivity contribution in [2.24, 2.45) is 11.1 Å². The lowest BCUT2D eigenvalue weighted by molar-refractivity contribution is -0.0308. The Morgan fingerprint density at radius 1 is 1.27 bits per heavy atom. The number of aliphatic hydroxyl groups is 1. The van der Waals surface area contributed by atoms with Gasteiger partial charge < -0.3 is 10.8 Å². The smallest absolute Gasteiger partial charge is 0.0639 e. The highest BCUT2D eigenvalue weighted by Gasteiger charge is 2.38. The second-order valence-corrected chi connectivity index (χ2v) is 5.01. The van der Waals surface area contributed by atoms with Crippen LogP contribution in [0.4, 0.5) is 0 Å². The lowest BCUT2D eigenvalue weighted by Gasteiger charge is -2.42. The average molecular weight is 157 g/mol. The van der Waals surface area contributed by atoms with E-state index >= 15 is 0 Å². The van der Waals surface area contributed by atoms with Crippen LogP contribution in [0, 0.1) is 5.41 Å². The molecule has 2 heteroatoms. The van der Waals surface area contributed by atoms with Crippen molar-refractivity contribution < 1.29 is 5.11 Å². The van der Waals surface area contributed by atoms with Crippen LogP contribution in [0.3, 0.4) is 0 Å². The molecule has 1 aliphatic carbocycles. The summed E-state index contributed by atoms with van der Waals surface area (Å²) < 4.78 is 0. The van der Waals surface area contributed by atoms with E-state index in [2.05, 4.69) is 13.8 Å². The third-order valence-corrected chi connectivity index (χ3v) is 2.38. The molecule has 1 rings (SSSR count). The first-order valence-corrected chi connectivity index (χ1v) is 4.29. The van der Waals surface area contributed by atoms with E-state index in [0.29, 0.717) is 0 Å². The predicted molar refractivity (Wildman–Crippen MR) is 46.2 cm³/mol. The first-order chi connectivity index (χ1) is 4.81. The van der Waals surface area contributed by atoms with Crippen molar-refractivity contribution in [2.45, 2.75) is 51.7 Å². The van der Waals surface area contributed by atoms with Crippen LogP contribution in [0.1, 0.15) is 40.0 Å². The molecule has 0 amide bonds. The zero-order valence-electron chi connectivity index (χ0n) is 7.72. The van der Waals surface area contributed by atoms with E-state index in [1.165, 1.54) is 0 Å². The first kappa shape index (κ1) is 9.01. The average Bonchev–Trinajstić information content (AvgIpc) is 1.49. The quantitative estimate of drug-likeness (QED) is 0.556. The Bertz CT molecular complexity index is 136. The fraction of sp³-hybridized carbons (Fsp3) is 1.00. The normalized spacial score (nSPS) is 43.9. The van der Waals surface area contributed by atoms with Crippen LogP contribution >= 0.6 is 0 Å². The van der Waals surface area contributed by atoms with Crippen LogP contribution in [0.2, 0.25) is 0 Å². The molecule has 3 N–H and O–H groups in total. The standard InChI is InChI=1S/C9H19NO/c1-8(2)4-7(10)5-9(3,11)6-8/h7,11H,4-6,10H2,1-3H3/t7-,9-/m0/s1. The first-order valence-electron chi connectivity index (χ1n) is 4.29. The number of rotatable bonds is 0. The fourth-order valence-corrected chi connectivity index (χ4v) is 2.52.